The summed E-state index contributed by atoms with van der Waals surface area (Å²) in [5, 5.41) is 8.56. The summed E-state index contributed by atoms with van der Waals surface area (Å²) in [4.78, 5) is 5.73. The van der Waals surface area contributed by atoms with Gasteiger partial charge in [0, 0.05) is 55.5 Å². The molecule has 0 radical (unpaired) electrons. The van der Waals surface area contributed by atoms with E-state index in [9.17, 15) is 26.3 Å². The van der Waals surface area contributed by atoms with E-state index < -0.39 is 24.2 Å². The smallest absolute Gasteiger partial charge is 0.307 e. The summed E-state index contributed by atoms with van der Waals surface area (Å²) in [7, 11) is 0. The van der Waals surface area contributed by atoms with Crippen LogP contribution in [0.25, 0.3) is 0 Å². The molecule has 1 aliphatic heterocycles. The van der Waals surface area contributed by atoms with E-state index in [2.05, 4.69) is 73.9 Å². The molecular formula is C61H94F6N2S2. The molecule has 0 spiro atoms. The molecule has 2 N–H and O–H groups in total. The summed E-state index contributed by atoms with van der Waals surface area (Å²) >= 11 is 3.97. The van der Waals surface area contributed by atoms with Crippen LogP contribution < -0.4 is 10.6 Å². The lowest BCUT2D eigenvalue weighted by Crippen LogP contribution is -2.73. The van der Waals surface area contributed by atoms with E-state index >= 15 is 0 Å². The second-order valence-corrected chi connectivity index (χ2v) is 27.9. The van der Waals surface area contributed by atoms with Gasteiger partial charge in [-0.25, -0.2) is 0 Å². The van der Waals surface area contributed by atoms with Gasteiger partial charge in [0.15, 0.2) is 0 Å². The van der Waals surface area contributed by atoms with Gasteiger partial charge >= 0.3 is 12.4 Å². The van der Waals surface area contributed by atoms with Crippen molar-refractivity contribution in [3.63, 3.8) is 0 Å². The van der Waals surface area contributed by atoms with Crippen molar-refractivity contribution < 1.29 is 26.3 Å². The van der Waals surface area contributed by atoms with Gasteiger partial charge in [0.2, 0.25) is 0 Å². The van der Waals surface area contributed by atoms with Crippen LogP contribution in [0.1, 0.15) is 251 Å². The van der Waals surface area contributed by atoms with Gasteiger partial charge in [-0.2, -0.15) is 26.3 Å². The molecular weight excluding hydrogens is 939 g/mol. The molecule has 2 aromatic heterocycles. The number of hydrogen-bond donors (Lipinski definition) is 2. The van der Waals surface area contributed by atoms with E-state index in [0.29, 0.717) is 37.0 Å². The van der Waals surface area contributed by atoms with E-state index in [4.69, 9.17) is 0 Å². The van der Waals surface area contributed by atoms with E-state index in [0.717, 1.165) is 42.4 Å². The van der Waals surface area contributed by atoms with Crippen molar-refractivity contribution in [2.45, 2.75) is 275 Å². The number of fused-ring (bicyclic) bond motifs is 4. The fraction of sp³-hybridized carbons (Fsp3) is 0.869. The molecule has 7 aliphatic rings. The number of thiophene rings is 2. The number of alkyl halides is 6. The van der Waals surface area contributed by atoms with Crippen LogP contribution in [0.15, 0.2) is 24.3 Å². The molecule has 0 bridgehead atoms. The largest absolute Gasteiger partial charge is 0.391 e. The van der Waals surface area contributed by atoms with E-state index in [1.807, 2.05) is 11.3 Å². The quantitative estimate of drug-likeness (QED) is 0.108. The summed E-state index contributed by atoms with van der Waals surface area (Å²) in [5.74, 6) is 3.17. The highest BCUT2D eigenvalue weighted by molar-refractivity contribution is 7.12. The zero-order valence-corrected chi connectivity index (χ0v) is 46.0. The van der Waals surface area contributed by atoms with E-state index in [1.165, 1.54) is 143 Å². The topological polar surface area (TPSA) is 24.1 Å². The third-order valence-corrected chi connectivity index (χ3v) is 23.8. The third-order valence-electron chi connectivity index (χ3n) is 21.3. The summed E-state index contributed by atoms with van der Waals surface area (Å²) in [5.41, 5.74) is 0.485. The third kappa shape index (κ3) is 12.4. The van der Waals surface area contributed by atoms with Crippen LogP contribution >= 0.6 is 22.7 Å². The molecule has 9 rings (SSSR count). The molecule has 12 atom stereocenters. The lowest BCUT2D eigenvalue weighted by Gasteiger charge is -2.56. The Kier molecular flexibility index (Phi) is 18.5. The minimum Gasteiger partial charge on any atom is -0.307 e. The summed E-state index contributed by atoms with van der Waals surface area (Å²) in [6, 6.07) is 9.63. The van der Waals surface area contributed by atoms with Gasteiger partial charge in [-0.3, -0.25) is 0 Å². The molecule has 0 amide bonds. The molecule has 6 aliphatic carbocycles. The number of unbranched alkanes of at least 4 members (excludes halogenated alkanes) is 10. The molecule has 10 heteroatoms. The van der Waals surface area contributed by atoms with Gasteiger partial charge in [-0.15, -0.1) is 22.7 Å². The highest BCUT2D eigenvalue weighted by Crippen LogP contribution is 2.69. The lowest BCUT2D eigenvalue weighted by molar-refractivity contribution is -0.187. The first-order valence-corrected chi connectivity index (χ1v) is 31.6. The fourth-order valence-electron chi connectivity index (χ4n) is 17.7. The first kappa shape index (κ1) is 54.7. The van der Waals surface area contributed by atoms with Gasteiger partial charge < -0.3 is 10.6 Å². The fourth-order valence-corrected chi connectivity index (χ4v) is 20.1. The normalized spacial score (nSPS) is 37.6. The number of nitrogens with one attached hydrogen (secondary N) is 2. The Balaban J connectivity index is 0.980. The van der Waals surface area contributed by atoms with Crippen LogP contribution in [0, 0.1) is 65.6 Å². The molecule has 6 saturated carbocycles. The van der Waals surface area contributed by atoms with Crippen molar-refractivity contribution in [1.29, 1.82) is 0 Å². The number of rotatable bonds is 19. The standard InChI is InChI=1S/C61H94F6N2S2/c1-5-7-9-11-13-15-35-59(36-16-14-12-10-8-6-2)50-37-39(3)17-28-46(50)47-29-23-43(38-51(47)59)52-33-34-54(71-52)49-31-30-48(53-32-18-40(4)70-53)57-58(49)69-56(42-21-26-45(27-22-42)61(65,66)67)55(68-57)41-19-24-44(25-20-41)60(62,63)64/h18,32-34,39,41-51,55-58,68-69H,5-17,19-31,35-38H2,1-4H3. The van der Waals surface area contributed by atoms with Crippen molar-refractivity contribution in [3.05, 3.63) is 43.8 Å². The van der Waals surface area contributed by atoms with Gasteiger partial charge in [-0.1, -0.05) is 104 Å². The van der Waals surface area contributed by atoms with Gasteiger partial charge in [0.25, 0.3) is 0 Å². The number of piperazine rings is 1. The predicted octanol–water partition coefficient (Wildman–Crippen LogP) is 19.2. The lowest BCUT2D eigenvalue weighted by atomic mass is 9.59. The Morgan fingerprint density at radius 1 is 0.493 bits per heavy atom. The summed E-state index contributed by atoms with van der Waals surface area (Å²) < 4.78 is 84.3. The molecule has 71 heavy (non-hydrogen) atoms. The van der Waals surface area contributed by atoms with Gasteiger partial charge in [0.1, 0.15) is 0 Å². The zero-order chi connectivity index (χ0) is 49.9. The maximum Gasteiger partial charge on any atom is 0.391 e. The first-order valence-electron chi connectivity index (χ1n) is 30.0. The molecule has 2 aromatic rings. The second-order valence-electron chi connectivity index (χ2n) is 25.5. The average Bonchev–Trinajstić information content (AvgIpc) is 4.09. The Morgan fingerprint density at radius 3 is 1.44 bits per heavy atom. The highest BCUT2D eigenvalue weighted by atomic mass is 32.1. The van der Waals surface area contributed by atoms with Gasteiger partial charge in [0.05, 0.1) is 11.8 Å². The molecule has 0 aromatic carbocycles. The van der Waals surface area contributed by atoms with Crippen molar-refractivity contribution >= 4 is 22.7 Å². The molecule has 1 saturated heterocycles. The maximum absolute atomic E-state index is 14.1. The first-order chi connectivity index (χ1) is 34.2. The van der Waals surface area contributed by atoms with Crippen LogP contribution in [0.5, 0.6) is 0 Å². The van der Waals surface area contributed by atoms with Crippen molar-refractivity contribution in [2.75, 3.05) is 0 Å². The van der Waals surface area contributed by atoms with Crippen LogP contribution in [0.2, 0.25) is 0 Å². The second kappa shape index (κ2) is 24.1. The van der Waals surface area contributed by atoms with Crippen LogP contribution in [-0.2, 0) is 0 Å². The minimum absolute atomic E-state index is 0.0553. The van der Waals surface area contributed by atoms with E-state index in [-0.39, 0.29) is 73.5 Å². The van der Waals surface area contributed by atoms with Crippen molar-refractivity contribution in [2.24, 2.45) is 58.7 Å². The molecule has 12 unspecified atom stereocenters. The number of hydrogen-bond acceptors (Lipinski definition) is 4. The monoisotopic (exact) mass is 1030 g/mol. The SMILES string of the molecule is CCCCCCCCC1(CCCCCCCC)C2CC(C)CCC2C2CCC(c3ccc(C4CCC(c5ccc(C)s5)C5NC(C6CCC(C(F)(F)F)CC6)C(C6CCC(C(F)(F)F)CC6)NC45)s3)CC21. The summed E-state index contributed by atoms with van der Waals surface area (Å²) in [6.45, 7) is 9.40. The molecule has 7 fully saturated rings. The predicted molar refractivity (Wildman–Crippen MR) is 285 cm³/mol. The minimum atomic E-state index is -4.18. The Hall–Kier alpha value is -1.10. The van der Waals surface area contributed by atoms with Crippen LogP contribution in [0.3, 0.4) is 0 Å². The average molecular weight is 1030 g/mol. The van der Waals surface area contributed by atoms with Crippen LogP contribution in [0.4, 0.5) is 26.3 Å². The molecule has 402 valence electrons. The van der Waals surface area contributed by atoms with Crippen molar-refractivity contribution in [3.8, 4) is 0 Å². The Bertz CT molecular complexity index is 1910. The number of halogens is 6. The van der Waals surface area contributed by atoms with E-state index in [1.54, 1.807) is 4.88 Å². The Labute approximate surface area is 434 Å². The molecule has 2 nitrogen and oxygen atoms in total. The Morgan fingerprint density at radius 2 is 0.944 bits per heavy atom. The van der Waals surface area contributed by atoms with Crippen LogP contribution in [-0.4, -0.2) is 36.5 Å². The number of aryl methyl sites for hydroxylation is 1. The van der Waals surface area contributed by atoms with Gasteiger partial charge in [-0.05, 0) is 193 Å². The summed E-state index contributed by atoms with van der Waals surface area (Å²) in [6.07, 6.45) is 24.2. The molecule has 3 heterocycles. The maximum atomic E-state index is 14.1. The zero-order valence-electron chi connectivity index (χ0n) is 44.3. The van der Waals surface area contributed by atoms with Crippen molar-refractivity contribution in [1.82, 2.24) is 10.6 Å². The highest BCUT2D eigenvalue weighted by Gasteiger charge is 2.61.